The number of hydrogen-bond donors (Lipinski definition) is 0. The lowest BCUT2D eigenvalue weighted by Crippen LogP contribution is -2.56. The van der Waals surface area contributed by atoms with E-state index in [9.17, 15) is 14.4 Å². The highest BCUT2D eigenvalue weighted by Crippen LogP contribution is 2.51. The molecular weight excluding hydrogens is 442 g/mol. The predicted octanol–water partition coefficient (Wildman–Crippen LogP) is 3.98. The van der Waals surface area contributed by atoms with Crippen molar-refractivity contribution in [3.63, 3.8) is 0 Å². The van der Waals surface area contributed by atoms with E-state index in [0.717, 1.165) is 16.0 Å². The van der Waals surface area contributed by atoms with E-state index in [4.69, 9.17) is 9.73 Å². The van der Waals surface area contributed by atoms with E-state index in [-0.39, 0.29) is 6.61 Å². The van der Waals surface area contributed by atoms with Crippen LogP contribution in [0.15, 0.2) is 83.9 Å². The highest BCUT2D eigenvalue weighted by Gasteiger charge is 2.65. The normalized spacial score (nSPS) is 20.7. The second-order valence-corrected chi connectivity index (χ2v) is 8.61. The van der Waals surface area contributed by atoms with Crippen molar-refractivity contribution in [2.75, 3.05) is 16.4 Å². The zero-order valence-electron chi connectivity index (χ0n) is 19.8. The molecule has 0 bridgehead atoms. The standard InChI is InChI=1S/C28H25N3O4/c1-4-35-26(33)24-28(22-15-8-9-16-23(22)30(19(3)32)27(28)34)29-25(20-12-6-5-7-13-20)31(24)21-14-10-11-18(2)17-21/h5-17,24H,4H2,1-3H3. The molecule has 3 aromatic rings. The Morgan fingerprint density at radius 1 is 1.00 bits per heavy atom. The van der Waals surface area contributed by atoms with Crippen LogP contribution in [0.2, 0.25) is 0 Å². The van der Waals surface area contributed by atoms with Crippen molar-refractivity contribution in [3.05, 3.63) is 95.6 Å². The quantitative estimate of drug-likeness (QED) is 0.543. The summed E-state index contributed by atoms with van der Waals surface area (Å²) in [5.41, 5.74) is 1.69. The third kappa shape index (κ3) is 3.34. The van der Waals surface area contributed by atoms with Gasteiger partial charge in [0, 0.05) is 23.7 Å². The van der Waals surface area contributed by atoms with Crippen molar-refractivity contribution in [3.8, 4) is 0 Å². The van der Waals surface area contributed by atoms with Crippen LogP contribution in [-0.4, -0.2) is 36.3 Å². The third-order valence-corrected chi connectivity index (χ3v) is 6.39. The summed E-state index contributed by atoms with van der Waals surface area (Å²) in [5.74, 6) is -1.12. The lowest BCUT2D eigenvalue weighted by Gasteiger charge is -2.33. The fourth-order valence-electron chi connectivity index (χ4n) is 5.00. The number of carbonyl (C=O) groups is 3. The topological polar surface area (TPSA) is 79.3 Å². The number of aliphatic imine (C=N–C) groups is 1. The van der Waals surface area contributed by atoms with E-state index in [1.807, 2.05) is 61.5 Å². The van der Waals surface area contributed by atoms with Gasteiger partial charge in [-0.15, -0.1) is 0 Å². The van der Waals surface area contributed by atoms with Crippen molar-refractivity contribution in [1.82, 2.24) is 0 Å². The number of esters is 1. The maximum Gasteiger partial charge on any atom is 0.332 e. The number of aryl methyl sites for hydroxylation is 1. The molecule has 5 rings (SSSR count). The maximum absolute atomic E-state index is 14.1. The van der Waals surface area contributed by atoms with Crippen LogP contribution >= 0.6 is 0 Å². The largest absolute Gasteiger partial charge is 0.464 e. The molecule has 0 saturated carbocycles. The molecule has 2 amide bonds. The van der Waals surface area contributed by atoms with Gasteiger partial charge < -0.3 is 9.64 Å². The summed E-state index contributed by atoms with van der Waals surface area (Å²) in [7, 11) is 0. The number of rotatable bonds is 4. The summed E-state index contributed by atoms with van der Waals surface area (Å²) in [6.07, 6.45) is 0. The molecule has 0 aromatic heterocycles. The maximum atomic E-state index is 14.1. The fraction of sp³-hybridized carbons (Fsp3) is 0.214. The van der Waals surface area contributed by atoms with Gasteiger partial charge in [-0.25, -0.2) is 14.7 Å². The first-order chi connectivity index (χ1) is 16.9. The Morgan fingerprint density at radius 3 is 2.40 bits per heavy atom. The molecule has 2 aliphatic rings. The van der Waals surface area contributed by atoms with Crippen LogP contribution in [0.3, 0.4) is 0 Å². The zero-order valence-corrected chi connectivity index (χ0v) is 19.8. The molecule has 2 unspecified atom stereocenters. The first-order valence-electron chi connectivity index (χ1n) is 11.5. The van der Waals surface area contributed by atoms with Crippen molar-refractivity contribution < 1.29 is 19.1 Å². The number of amidine groups is 1. The van der Waals surface area contributed by atoms with Crippen LogP contribution in [0.4, 0.5) is 11.4 Å². The van der Waals surface area contributed by atoms with Gasteiger partial charge in [-0.3, -0.25) is 9.59 Å². The number of para-hydroxylation sites is 1. The number of carbonyl (C=O) groups excluding carboxylic acids is 3. The average molecular weight is 468 g/mol. The van der Waals surface area contributed by atoms with Gasteiger partial charge in [0.15, 0.2) is 6.04 Å². The summed E-state index contributed by atoms with van der Waals surface area (Å²) in [5, 5.41) is 0. The van der Waals surface area contributed by atoms with Gasteiger partial charge in [0.05, 0.1) is 12.3 Å². The molecule has 7 heteroatoms. The Balaban J connectivity index is 1.85. The Morgan fingerprint density at radius 2 is 1.71 bits per heavy atom. The molecule has 1 spiro atoms. The van der Waals surface area contributed by atoms with Gasteiger partial charge in [-0.05, 0) is 37.6 Å². The molecule has 3 aromatic carbocycles. The Hall–Kier alpha value is -4.26. The molecule has 35 heavy (non-hydrogen) atoms. The summed E-state index contributed by atoms with van der Waals surface area (Å²) in [6.45, 7) is 5.16. The van der Waals surface area contributed by atoms with Crippen LogP contribution in [0, 0.1) is 6.92 Å². The minimum Gasteiger partial charge on any atom is -0.464 e. The first kappa shape index (κ1) is 22.5. The van der Waals surface area contributed by atoms with Crippen molar-refractivity contribution in [2.45, 2.75) is 32.4 Å². The second-order valence-electron chi connectivity index (χ2n) is 8.61. The molecule has 2 heterocycles. The number of hydrogen-bond acceptors (Lipinski definition) is 6. The van der Waals surface area contributed by atoms with E-state index in [0.29, 0.717) is 22.8 Å². The van der Waals surface area contributed by atoms with Crippen molar-refractivity contribution in [2.24, 2.45) is 4.99 Å². The van der Waals surface area contributed by atoms with Crippen LogP contribution in [0.25, 0.3) is 0 Å². The average Bonchev–Trinajstić information content (AvgIpc) is 3.34. The number of ether oxygens (including phenoxy) is 1. The van der Waals surface area contributed by atoms with Crippen molar-refractivity contribution in [1.29, 1.82) is 0 Å². The van der Waals surface area contributed by atoms with Gasteiger partial charge in [-0.1, -0.05) is 60.7 Å². The van der Waals surface area contributed by atoms with Gasteiger partial charge >= 0.3 is 5.97 Å². The van der Waals surface area contributed by atoms with Gasteiger partial charge in [0.25, 0.3) is 5.91 Å². The molecule has 0 fully saturated rings. The van der Waals surface area contributed by atoms with E-state index in [2.05, 4.69) is 0 Å². The van der Waals surface area contributed by atoms with Crippen LogP contribution < -0.4 is 9.80 Å². The minimum atomic E-state index is -1.68. The lowest BCUT2D eigenvalue weighted by atomic mass is 9.84. The molecule has 0 N–H and O–H groups in total. The molecule has 0 radical (unpaired) electrons. The Bertz CT molecular complexity index is 1370. The zero-order chi connectivity index (χ0) is 24.7. The van der Waals surface area contributed by atoms with E-state index < -0.39 is 29.4 Å². The number of nitrogens with zero attached hydrogens (tertiary/aromatic N) is 3. The Labute approximate surface area is 203 Å². The lowest BCUT2D eigenvalue weighted by molar-refractivity contribution is -0.148. The van der Waals surface area contributed by atoms with Crippen LogP contribution in [-0.2, 0) is 24.7 Å². The molecule has 7 nitrogen and oxygen atoms in total. The third-order valence-electron chi connectivity index (χ3n) is 6.39. The number of fused-ring (bicyclic) bond motifs is 2. The smallest absolute Gasteiger partial charge is 0.332 e. The Kier molecular flexibility index (Phi) is 5.47. The van der Waals surface area contributed by atoms with Crippen LogP contribution in [0.5, 0.6) is 0 Å². The second kappa shape index (κ2) is 8.51. The van der Waals surface area contributed by atoms with Crippen molar-refractivity contribution >= 4 is 35.0 Å². The summed E-state index contributed by atoms with van der Waals surface area (Å²) in [6, 6.07) is 23.0. The molecule has 2 atom stereocenters. The highest BCUT2D eigenvalue weighted by molar-refractivity contribution is 6.28. The monoisotopic (exact) mass is 467 g/mol. The number of benzene rings is 3. The van der Waals surface area contributed by atoms with Gasteiger partial charge in [-0.2, -0.15) is 0 Å². The van der Waals surface area contributed by atoms with Crippen LogP contribution in [0.1, 0.15) is 30.5 Å². The summed E-state index contributed by atoms with van der Waals surface area (Å²) in [4.78, 5) is 48.4. The summed E-state index contributed by atoms with van der Waals surface area (Å²) >= 11 is 0. The molecule has 0 aliphatic carbocycles. The van der Waals surface area contributed by atoms with E-state index in [1.165, 1.54) is 6.92 Å². The number of amides is 2. The number of imide groups is 1. The first-order valence-corrected chi connectivity index (χ1v) is 11.5. The molecule has 0 saturated heterocycles. The number of anilines is 2. The molecule has 176 valence electrons. The SMILES string of the molecule is CCOC(=O)C1N(c2cccc(C)c2)C(c2ccccc2)=NC12C(=O)N(C(C)=O)c1ccccc12. The van der Waals surface area contributed by atoms with E-state index >= 15 is 0 Å². The van der Waals surface area contributed by atoms with Gasteiger partial charge in [0.1, 0.15) is 5.84 Å². The summed E-state index contributed by atoms with van der Waals surface area (Å²) < 4.78 is 5.53. The van der Waals surface area contributed by atoms with E-state index in [1.54, 1.807) is 36.1 Å². The highest BCUT2D eigenvalue weighted by atomic mass is 16.5. The minimum absolute atomic E-state index is 0.139. The molecule has 2 aliphatic heterocycles. The predicted molar refractivity (Wildman–Crippen MR) is 133 cm³/mol. The fourth-order valence-corrected chi connectivity index (χ4v) is 5.00. The molecular formula is C28H25N3O4. The van der Waals surface area contributed by atoms with Gasteiger partial charge in [0.2, 0.25) is 11.4 Å².